The third-order valence-corrected chi connectivity index (χ3v) is 10.3. The summed E-state index contributed by atoms with van der Waals surface area (Å²) in [7, 11) is 1.20. The predicted molar refractivity (Wildman–Crippen MR) is 234 cm³/mol. The molecule has 0 aromatic heterocycles. The van der Waals surface area contributed by atoms with E-state index in [4.69, 9.17) is 15.2 Å². The van der Waals surface area contributed by atoms with Crippen LogP contribution in [0.1, 0.15) is 75.6 Å². The van der Waals surface area contributed by atoms with Crippen LogP contribution < -0.4 is 32.3 Å². The number of unbranched alkanes of at least 4 members (excludes halogenated alkanes) is 1. The zero-order valence-electron chi connectivity index (χ0n) is 35.8. The van der Waals surface area contributed by atoms with Crippen molar-refractivity contribution in [3.05, 3.63) is 107 Å². The molecule has 5 atom stereocenters. The monoisotopic (exact) mass is 860 g/mol. The molecule has 0 aliphatic carbocycles. The van der Waals surface area contributed by atoms with Gasteiger partial charge in [0.05, 0.1) is 13.5 Å². The van der Waals surface area contributed by atoms with Crippen LogP contribution >= 0.6 is 11.8 Å². The second kappa shape index (κ2) is 25.0. The van der Waals surface area contributed by atoms with E-state index in [0.717, 1.165) is 16.7 Å². The molecule has 0 aliphatic heterocycles. The summed E-state index contributed by atoms with van der Waals surface area (Å²) in [6.45, 7) is 8.96. The molecule has 0 unspecified atom stereocenters. The van der Waals surface area contributed by atoms with Crippen molar-refractivity contribution in [3.8, 4) is 0 Å². The first-order valence-corrected chi connectivity index (χ1v) is 21.4. The molecule has 0 bridgehead atoms. The van der Waals surface area contributed by atoms with Crippen LogP contribution in [0.5, 0.6) is 0 Å². The Hall–Kier alpha value is -5.90. The largest absolute Gasteiger partial charge is 0.467 e. The minimum atomic E-state index is -1.56. The number of esters is 1. The fourth-order valence-electron chi connectivity index (χ4n) is 6.03. The Morgan fingerprint density at radius 3 is 1.67 bits per heavy atom. The van der Waals surface area contributed by atoms with Crippen LogP contribution in [-0.4, -0.2) is 90.3 Å². The number of alkyl carbamates (subject to hydrolysis) is 1. The maximum Gasteiger partial charge on any atom is 0.408 e. The average Bonchev–Trinajstić information content (AvgIpc) is 3.21. The van der Waals surface area contributed by atoms with Gasteiger partial charge >= 0.3 is 12.1 Å². The van der Waals surface area contributed by atoms with Gasteiger partial charge in [-0.3, -0.25) is 24.0 Å². The number of nitrogens with one attached hydrogen (secondary N) is 5. The fourth-order valence-corrected chi connectivity index (χ4v) is 7.05. The van der Waals surface area contributed by atoms with E-state index < -0.39 is 83.8 Å². The number of hydrogen-bond acceptors (Lipinski definition) is 10. The highest BCUT2D eigenvalue weighted by atomic mass is 32.2. The molecular formula is C45H60N6O9S. The molecule has 0 heterocycles. The number of aryl methyl sites for hydroxylation is 1. The van der Waals surface area contributed by atoms with Gasteiger partial charge in [-0.1, -0.05) is 110 Å². The maximum absolute atomic E-state index is 14.0. The van der Waals surface area contributed by atoms with E-state index in [0.29, 0.717) is 24.2 Å². The molecular weight excluding hydrogens is 801 g/mol. The maximum atomic E-state index is 14.0. The van der Waals surface area contributed by atoms with Gasteiger partial charge in [0.2, 0.25) is 29.5 Å². The van der Waals surface area contributed by atoms with Crippen molar-refractivity contribution >= 4 is 53.4 Å². The Kier molecular flexibility index (Phi) is 20.3. The van der Waals surface area contributed by atoms with Crippen LogP contribution in [-0.2, 0) is 56.8 Å². The number of carbonyl (C=O) groups is 7. The van der Waals surface area contributed by atoms with E-state index in [1.165, 1.54) is 18.9 Å². The first-order chi connectivity index (χ1) is 29.0. The van der Waals surface area contributed by atoms with Crippen molar-refractivity contribution in [1.82, 2.24) is 26.6 Å². The van der Waals surface area contributed by atoms with Crippen LogP contribution in [0.4, 0.5) is 4.79 Å². The van der Waals surface area contributed by atoms with Gasteiger partial charge in [0.15, 0.2) is 0 Å². The Balaban J connectivity index is 1.84. The molecule has 7 N–H and O–H groups in total. The lowest BCUT2D eigenvalue weighted by Gasteiger charge is -2.27. The summed E-state index contributed by atoms with van der Waals surface area (Å²) in [5, 5.41) is 13.3. The van der Waals surface area contributed by atoms with Gasteiger partial charge in [0.25, 0.3) is 0 Å². The molecule has 16 heteroatoms. The molecule has 3 rings (SSSR count). The molecule has 3 aromatic rings. The van der Waals surface area contributed by atoms with E-state index in [1.54, 1.807) is 75.4 Å². The van der Waals surface area contributed by atoms with Gasteiger partial charge in [-0.05, 0) is 50.8 Å². The summed E-state index contributed by atoms with van der Waals surface area (Å²) >= 11 is 1.40. The molecule has 0 saturated heterocycles. The number of thioether (sulfide) groups is 1. The van der Waals surface area contributed by atoms with Crippen LogP contribution in [0, 0.1) is 6.92 Å². The topological polar surface area (TPSA) is 224 Å². The van der Waals surface area contributed by atoms with E-state index in [1.807, 2.05) is 44.2 Å². The quantitative estimate of drug-likeness (QED) is 0.0758. The van der Waals surface area contributed by atoms with E-state index >= 15 is 0 Å². The van der Waals surface area contributed by atoms with Gasteiger partial charge in [-0.2, -0.15) is 11.8 Å². The summed E-state index contributed by atoms with van der Waals surface area (Å²) in [5.41, 5.74) is 8.25. The first-order valence-electron chi connectivity index (χ1n) is 20.3. The molecule has 0 saturated carbocycles. The van der Waals surface area contributed by atoms with Crippen molar-refractivity contribution in [2.45, 2.75) is 115 Å². The highest BCUT2D eigenvalue weighted by Crippen LogP contribution is 2.16. The highest BCUT2D eigenvalue weighted by Gasteiger charge is 2.34. The number of ether oxygens (including phenoxy) is 2. The van der Waals surface area contributed by atoms with Crippen molar-refractivity contribution in [2.75, 3.05) is 12.9 Å². The van der Waals surface area contributed by atoms with E-state index in [-0.39, 0.29) is 25.0 Å². The number of rotatable bonds is 23. The molecule has 6 amide bonds. The van der Waals surface area contributed by atoms with Crippen LogP contribution in [0.2, 0.25) is 0 Å². The van der Waals surface area contributed by atoms with Gasteiger partial charge < -0.3 is 41.8 Å². The predicted octanol–water partition coefficient (Wildman–Crippen LogP) is 3.78. The summed E-state index contributed by atoms with van der Waals surface area (Å²) in [6.07, 6.45) is -0.0464. The zero-order chi connectivity index (χ0) is 45.0. The summed E-state index contributed by atoms with van der Waals surface area (Å²) in [4.78, 5) is 93.7. The molecule has 15 nitrogen and oxygen atoms in total. The number of primary amides is 1. The zero-order valence-corrected chi connectivity index (χ0v) is 36.6. The van der Waals surface area contributed by atoms with E-state index in [2.05, 4.69) is 26.6 Å². The fraction of sp³-hybridized carbons (Fsp3) is 0.444. The van der Waals surface area contributed by atoms with Crippen molar-refractivity contribution < 1.29 is 43.0 Å². The standard InChI is InChI=1S/C45H60N6O9S/c1-7-8-19-33(47-42(56)37(51-44(58)60-45(3,4)5)28-61-27-32-22-20-29(2)21-23-32)39(53)49-35(26-38(46)52)41(55)48-34(24-30-15-11-9-12-16-30)40(54)50-36(43(57)59-6)25-31-17-13-10-14-18-31/h9-18,20-23,33-37H,7-8,19,24-28H2,1-6H3,(H2,46,52)(H,47,56)(H,48,55)(H,49,53)(H,50,54)(H,51,58)/t33-,34-,35-,36-,37-/m0/s1. The third kappa shape index (κ3) is 18.5. The molecule has 61 heavy (non-hydrogen) atoms. The SMILES string of the molecule is CCCC[C@H](NC(=O)[C@H](CSCc1ccc(C)cc1)NC(=O)OC(C)(C)C)C(=O)N[C@@H](CC(N)=O)C(=O)N[C@@H](Cc1ccccc1)C(=O)N[C@@H](Cc1ccccc1)C(=O)OC. The second-order valence-electron chi connectivity index (χ2n) is 15.7. The molecule has 0 radical (unpaired) electrons. The Bertz CT molecular complexity index is 1910. The molecule has 0 fully saturated rings. The number of benzene rings is 3. The number of carbonyl (C=O) groups excluding carboxylic acids is 7. The highest BCUT2D eigenvalue weighted by molar-refractivity contribution is 7.98. The minimum Gasteiger partial charge on any atom is -0.467 e. The van der Waals surface area contributed by atoms with Crippen molar-refractivity contribution in [1.29, 1.82) is 0 Å². The summed E-state index contributed by atoms with van der Waals surface area (Å²) < 4.78 is 10.4. The Labute approximate surface area is 362 Å². The number of nitrogens with two attached hydrogens (primary N) is 1. The van der Waals surface area contributed by atoms with Gasteiger partial charge in [0, 0.05) is 24.3 Å². The molecule has 0 aliphatic rings. The lowest BCUT2D eigenvalue weighted by Crippen LogP contribution is -2.60. The molecule has 330 valence electrons. The van der Waals surface area contributed by atoms with Crippen molar-refractivity contribution in [3.63, 3.8) is 0 Å². The first kappa shape index (κ1) is 49.5. The minimum absolute atomic E-state index is 0.0158. The van der Waals surface area contributed by atoms with Crippen LogP contribution in [0.15, 0.2) is 84.9 Å². The lowest BCUT2D eigenvalue weighted by atomic mass is 10.0. The number of methoxy groups -OCH3 is 1. The van der Waals surface area contributed by atoms with Crippen molar-refractivity contribution in [2.24, 2.45) is 5.73 Å². The van der Waals surface area contributed by atoms with E-state index in [9.17, 15) is 33.6 Å². The second-order valence-corrected chi connectivity index (χ2v) is 16.7. The Morgan fingerprint density at radius 2 is 1.13 bits per heavy atom. The van der Waals surface area contributed by atoms with Crippen LogP contribution in [0.25, 0.3) is 0 Å². The van der Waals surface area contributed by atoms with Crippen LogP contribution in [0.3, 0.4) is 0 Å². The van der Waals surface area contributed by atoms with Gasteiger partial charge in [0.1, 0.15) is 35.8 Å². The summed E-state index contributed by atoms with van der Waals surface area (Å²) in [5.74, 6) is -4.00. The smallest absolute Gasteiger partial charge is 0.408 e. The van der Waals surface area contributed by atoms with Gasteiger partial charge in [-0.15, -0.1) is 0 Å². The third-order valence-electron chi connectivity index (χ3n) is 9.20. The molecule has 3 aromatic carbocycles. The molecule has 0 spiro atoms. The lowest BCUT2D eigenvalue weighted by molar-refractivity contribution is -0.145. The normalized spacial score (nSPS) is 13.5. The summed E-state index contributed by atoms with van der Waals surface area (Å²) in [6, 6.07) is 19.5. The number of hydrogen-bond donors (Lipinski definition) is 6. The van der Waals surface area contributed by atoms with Gasteiger partial charge in [-0.25, -0.2) is 9.59 Å². The average molecular weight is 861 g/mol. The Morgan fingerprint density at radius 1 is 0.639 bits per heavy atom. The number of amides is 6.